The third-order valence-corrected chi connectivity index (χ3v) is 3.63. The first kappa shape index (κ1) is 15.7. The number of aromatic nitrogens is 2. The number of pyridine rings is 2. The van der Waals surface area contributed by atoms with Crippen LogP contribution in [0.1, 0.15) is 23.0 Å². The van der Waals surface area contributed by atoms with Crippen LogP contribution in [0.4, 0.5) is 0 Å². The van der Waals surface area contributed by atoms with Crippen LogP contribution in [-0.4, -0.2) is 27.2 Å². The highest BCUT2D eigenvalue weighted by Crippen LogP contribution is 2.27. The Hall–Kier alpha value is -3.15. The topological polar surface area (TPSA) is 81.4 Å². The zero-order chi connectivity index (χ0) is 17.3. The van der Waals surface area contributed by atoms with Gasteiger partial charge < -0.3 is 9.84 Å². The molecule has 2 aromatic heterocycles. The molecule has 0 radical (unpaired) electrons. The number of hydrogen-bond donors (Lipinski definition) is 1. The van der Waals surface area contributed by atoms with E-state index in [-0.39, 0.29) is 17.8 Å². The molecule has 0 aliphatic heterocycles. The van der Waals surface area contributed by atoms with E-state index in [4.69, 9.17) is 4.74 Å². The molecule has 24 heavy (non-hydrogen) atoms. The molecule has 2 heterocycles. The molecular formula is C18H16N2O4. The fourth-order valence-electron chi connectivity index (χ4n) is 2.55. The van der Waals surface area contributed by atoms with Crippen LogP contribution in [0.2, 0.25) is 0 Å². The maximum atomic E-state index is 12.9. The number of rotatable bonds is 3. The zero-order valence-electron chi connectivity index (χ0n) is 13.3. The number of esters is 1. The van der Waals surface area contributed by atoms with Gasteiger partial charge in [0.25, 0.3) is 5.56 Å². The van der Waals surface area contributed by atoms with E-state index in [2.05, 4.69) is 4.98 Å². The lowest BCUT2D eigenvalue weighted by Crippen LogP contribution is -2.27. The third-order valence-electron chi connectivity index (χ3n) is 3.63. The van der Waals surface area contributed by atoms with Crippen molar-refractivity contribution in [3.8, 4) is 11.4 Å². The number of para-hydroxylation sites is 1. The van der Waals surface area contributed by atoms with E-state index in [0.717, 1.165) is 0 Å². The Morgan fingerprint density at radius 1 is 1.21 bits per heavy atom. The van der Waals surface area contributed by atoms with Gasteiger partial charge in [-0.1, -0.05) is 18.2 Å². The van der Waals surface area contributed by atoms with E-state index in [9.17, 15) is 14.7 Å². The van der Waals surface area contributed by atoms with Gasteiger partial charge in [-0.25, -0.2) is 9.78 Å². The number of nitrogens with zero attached hydrogens (tertiary/aromatic N) is 2. The minimum Gasteiger partial charge on any atom is -0.506 e. The molecule has 6 nitrogen and oxygen atoms in total. The van der Waals surface area contributed by atoms with E-state index in [1.165, 1.54) is 4.57 Å². The molecule has 0 spiro atoms. The van der Waals surface area contributed by atoms with E-state index < -0.39 is 17.3 Å². The molecule has 0 aliphatic rings. The van der Waals surface area contributed by atoms with Gasteiger partial charge in [0.2, 0.25) is 0 Å². The van der Waals surface area contributed by atoms with Crippen molar-refractivity contribution in [2.75, 3.05) is 6.61 Å². The standard InChI is InChI=1S/C18H16N2O4/c1-3-24-18(23)14-15(21)13-10-9-11(2)19-16(13)20(17(14)22)12-7-5-4-6-8-12/h4-10,21H,3H2,1-2H3. The minimum absolute atomic E-state index is 0.104. The number of fused-ring (bicyclic) bond motifs is 1. The molecule has 1 aromatic carbocycles. The van der Waals surface area contributed by atoms with Gasteiger partial charge in [-0.05, 0) is 38.1 Å². The van der Waals surface area contributed by atoms with E-state index in [1.54, 1.807) is 50.2 Å². The largest absolute Gasteiger partial charge is 0.506 e. The first-order valence-corrected chi connectivity index (χ1v) is 7.52. The number of carbonyl (C=O) groups is 1. The van der Waals surface area contributed by atoms with Crippen molar-refractivity contribution in [3.05, 3.63) is 64.1 Å². The van der Waals surface area contributed by atoms with Gasteiger partial charge in [-0.3, -0.25) is 9.36 Å². The molecule has 3 rings (SSSR count). The smallest absolute Gasteiger partial charge is 0.347 e. The van der Waals surface area contributed by atoms with Crippen LogP contribution in [0, 0.1) is 6.92 Å². The Morgan fingerprint density at radius 2 is 1.92 bits per heavy atom. The van der Waals surface area contributed by atoms with Crippen molar-refractivity contribution in [2.24, 2.45) is 0 Å². The predicted molar refractivity (Wildman–Crippen MR) is 89.7 cm³/mol. The Labute approximate surface area is 138 Å². The molecule has 0 atom stereocenters. The summed E-state index contributed by atoms with van der Waals surface area (Å²) in [5, 5.41) is 10.7. The normalized spacial score (nSPS) is 10.8. The SMILES string of the molecule is CCOC(=O)c1c(O)c2ccc(C)nc2n(-c2ccccc2)c1=O. The average molecular weight is 324 g/mol. The van der Waals surface area contributed by atoms with Crippen molar-refractivity contribution in [1.82, 2.24) is 9.55 Å². The zero-order valence-corrected chi connectivity index (χ0v) is 13.3. The summed E-state index contributed by atoms with van der Waals surface area (Å²) in [6.07, 6.45) is 0. The van der Waals surface area contributed by atoms with Crippen LogP contribution in [0.5, 0.6) is 5.75 Å². The predicted octanol–water partition coefficient (Wildman–Crippen LogP) is 2.58. The number of benzene rings is 1. The molecule has 1 N–H and O–H groups in total. The molecular weight excluding hydrogens is 308 g/mol. The van der Waals surface area contributed by atoms with Crippen molar-refractivity contribution < 1.29 is 14.6 Å². The second-order valence-corrected chi connectivity index (χ2v) is 5.24. The van der Waals surface area contributed by atoms with E-state index in [0.29, 0.717) is 16.8 Å². The van der Waals surface area contributed by atoms with Crippen LogP contribution in [0.3, 0.4) is 0 Å². The van der Waals surface area contributed by atoms with E-state index in [1.807, 2.05) is 6.07 Å². The molecule has 3 aromatic rings. The Kier molecular flexibility index (Phi) is 4.04. The summed E-state index contributed by atoms with van der Waals surface area (Å²) in [5.41, 5.74) is 0.476. The van der Waals surface area contributed by atoms with Crippen molar-refractivity contribution >= 4 is 17.0 Å². The Morgan fingerprint density at radius 3 is 2.58 bits per heavy atom. The molecule has 0 fully saturated rings. The third kappa shape index (κ3) is 2.52. The second-order valence-electron chi connectivity index (χ2n) is 5.24. The van der Waals surface area contributed by atoms with Crippen LogP contribution in [0.25, 0.3) is 16.7 Å². The maximum absolute atomic E-state index is 12.9. The first-order chi connectivity index (χ1) is 11.5. The number of aryl methyl sites for hydroxylation is 1. The van der Waals surface area contributed by atoms with Gasteiger partial charge in [0.1, 0.15) is 5.75 Å². The lowest BCUT2D eigenvalue weighted by Gasteiger charge is -2.14. The summed E-state index contributed by atoms with van der Waals surface area (Å²) < 4.78 is 6.23. The molecule has 0 unspecified atom stereocenters. The van der Waals surface area contributed by atoms with Crippen molar-refractivity contribution in [3.63, 3.8) is 0 Å². The van der Waals surface area contributed by atoms with E-state index >= 15 is 0 Å². The van der Waals surface area contributed by atoms with Gasteiger partial charge >= 0.3 is 5.97 Å². The number of ether oxygens (including phenoxy) is 1. The van der Waals surface area contributed by atoms with Crippen LogP contribution < -0.4 is 5.56 Å². The molecule has 0 saturated heterocycles. The first-order valence-electron chi connectivity index (χ1n) is 7.52. The lowest BCUT2D eigenvalue weighted by atomic mass is 10.1. The number of aromatic hydroxyl groups is 1. The second kappa shape index (κ2) is 6.16. The summed E-state index contributed by atoms with van der Waals surface area (Å²) in [5.74, 6) is -1.26. The molecule has 122 valence electrons. The summed E-state index contributed by atoms with van der Waals surface area (Å²) >= 11 is 0. The molecule has 6 heteroatoms. The molecule has 0 saturated carbocycles. The van der Waals surface area contributed by atoms with Gasteiger partial charge in [0.15, 0.2) is 11.2 Å². The van der Waals surface area contributed by atoms with Crippen molar-refractivity contribution in [1.29, 1.82) is 0 Å². The van der Waals surface area contributed by atoms with Crippen LogP contribution in [0.15, 0.2) is 47.3 Å². The summed E-state index contributed by atoms with van der Waals surface area (Å²) in [7, 11) is 0. The number of hydrogen-bond acceptors (Lipinski definition) is 5. The highest BCUT2D eigenvalue weighted by atomic mass is 16.5. The molecule has 0 bridgehead atoms. The van der Waals surface area contributed by atoms with Crippen molar-refractivity contribution in [2.45, 2.75) is 13.8 Å². The molecule has 0 aliphatic carbocycles. The minimum atomic E-state index is -0.854. The highest BCUT2D eigenvalue weighted by Gasteiger charge is 2.24. The number of carbonyl (C=O) groups excluding carboxylic acids is 1. The van der Waals surface area contributed by atoms with Gasteiger partial charge in [-0.15, -0.1) is 0 Å². The quantitative estimate of drug-likeness (QED) is 0.749. The van der Waals surface area contributed by atoms with Gasteiger partial charge in [0, 0.05) is 5.69 Å². The molecule has 0 amide bonds. The Balaban J connectivity index is 2.46. The fraction of sp³-hybridized carbons (Fsp3) is 0.167. The Bertz CT molecular complexity index is 978. The summed E-state index contributed by atoms with van der Waals surface area (Å²) in [4.78, 5) is 29.4. The van der Waals surface area contributed by atoms with Crippen LogP contribution >= 0.6 is 0 Å². The lowest BCUT2D eigenvalue weighted by molar-refractivity contribution is 0.0521. The maximum Gasteiger partial charge on any atom is 0.347 e. The monoisotopic (exact) mass is 324 g/mol. The highest BCUT2D eigenvalue weighted by molar-refractivity contribution is 5.99. The fourth-order valence-corrected chi connectivity index (χ4v) is 2.55. The summed E-state index contributed by atoms with van der Waals surface area (Å²) in [6, 6.07) is 12.2. The van der Waals surface area contributed by atoms with Gasteiger partial charge in [0.05, 0.1) is 17.7 Å². The average Bonchev–Trinajstić information content (AvgIpc) is 2.56. The summed E-state index contributed by atoms with van der Waals surface area (Å²) in [6.45, 7) is 3.53. The van der Waals surface area contributed by atoms with Gasteiger partial charge in [-0.2, -0.15) is 0 Å². The van der Waals surface area contributed by atoms with Crippen LogP contribution in [-0.2, 0) is 4.74 Å².